The fourth-order valence-electron chi connectivity index (χ4n) is 2.12. The number of nitrogens with one attached hydrogen (secondary N) is 3. The molecule has 2 aromatic rings. The van der Waals surface area contributed by atoms with Crippen LogP contribution in [-0.4, -0.2) is 37.5 Å². The van der Waals surface area contributed by atoms with Crippen LogP contribution in [0.4, 0.5) is 5.69 Å². The van der Waals surface area contributed by atoms with Gasteiger partial charge in [0, 0.05) is 26.8 Å². The fraction of sp³-hybridized carbons (Fsp3) is 0.333. The standard InChI is InChI=1S/C15H22N6O2S.HI/c1-16-15(18-11-13-8-9-19-21(13)2)17-10-12-6-4-5-7-14(12)20-24(3,22)23;/h4-9,20H,10-11H2,1-3H3,(H2,16,17,18);1H. The van der Waals surface area contributed by atoms with E-state index in [-0.39, 0.29) is 24.0 Å². The van der Waals surface area contributed by atoms with Gasteiger partial charge in [0.25, 0.3) is 0 Å². The first-order valence-corrected chi connectivity index (χ1v) is 9.25. The van der Waals surface area contributed by atoms with E-state index in [4.69, 9.17) is 0 Å². The van der Waals surface area contributed by atoms with Gasteiger partial charge < -0.3 is 10.6 Å². The molecule has 2 rings (SSSR count). The lowest BCUT2D eigenvalue weighted by molar-refractivity contribution is 0.606. The van der Waals surface area contributed by atoms with Crippen molar-refractivity contribution in [2.45, 2.75) is 13.1 Å². The molecule has 0 aliphatic heterocycles. The van der Waals surface area contributed by atoms with Crippen molar-refractivity contribution in [2.24, 2.45) is 12.0 Å². The van der Waals surface area contributed by atoms with Crippen LogP contribution in [-0.2, 0) is 30.2 Å². The highest BCUT2D eigenvalue weighted by Gasteiger charge is 2.08. The van der Waals surface area contributed by atoms with Crippen molar-refractivity contribution in [1.29, 1.82) is 0 Å². The number of aromatic nitrogens is 2. The number of hydrogen-bond acceptors (Lipinski definition) is 4. The molecule has 3 N–H and O–H groups in total. The van der Waals surface area contributed by atoms with Crippen LogP contribution in [0.5, 0.6) is 0 Å². The number of halogens is 1. The second-order valence-corrected chi connectivity index (χ2v) is 7.01. The lowest BCUT2D eigenvalue weighted by atomic mass is 10.2. The van der Waals surface area contributed by atoms with Crippen molar-refractivity contribution >= 4 is 45.6 Å². The average molecular weight is 478 g/mol. The van der Waals surface area contributed by atoms with Crippen LogP contribution in [0.3, 0.4) is 0 Å². The molecule has 0 unspecified atom stereocenters. The predicted octanol–water partition coefficient (Wildman–Crippen LogP) is 1.27. The number of sulfonamides is 1. The number of anilines is 1. The first kappa shape index (κ1) is 21.2. The Kier molecular flexibility index (Phi) is 8.16. The Hall–Kier alpha value is -1.82. The summed E-state index contributed by atoms with van der Waals surface area (Å²) >= 11 is 0. The van der Waals surface area contributed by atoms with Crippen LogP contribution < -0.4 is 15.4 Å². The third-order valence-corrected chi connectivity index (χ3v) is 3.93. The smallest absolute Gasteiger partial charge is 0.229 e. The summed E-state index contributed by atoms with van der Waals surface area (Å²) in [5, 5.41) is 10.5. The number of aliphatic imine (C=N–C) groups is 1. The Morgan fingerprint density at radius 1 is 1.20 bits per heavy atom. The molecule has 0 bridgehead atoms. The van der Waals surface area contributed by atoms with Gasteiger partial charge in [-0.15, -0.1) is 24.0 Å². The molecule has 1 aromatic carbocycles. The van der Waals surface area contributed by atoms with E-state index in [1.807, 2.05) is 25.2 Å². The normalized spacial score (nSPS) is 11.6. The minimum absolute atomic E-state index is 0. The summed E-state index contributed by atoms with van der Waals surface area (Å²) in [7, 11) is 0.233. The van der Waals surface area contributed by atoms with Crippen molar-refractivity contribution in [1.82, 2.24) is 20.4 Å². The lowest BCUT2D eigenvalue weighted by Crippen LogP contribution is -2.36. The quantitative estimate of drug-likeness (QED) is 0.330. The van der Waals surface area contributed by atoms with Crippen molar-refractivity contribution < 1.29 is 8.42 Å². The van der Waals surface area contributed by atoms with Gasteiger partial charge >= 0.3 is 0 Å². The van der Waals surface area contributed by atoms with E-state index in [9.17, 15) is 8.42 Å². The van der Waals surface area contributed by atoms with Gasteiger partial charge in [-0.25, -0.2) is 8.42 Å². The zero-order chi connectivity index (χ0) is 17.6. The molecule has 1 heterocycles. The Labute approximate surface area is 165 Å². The molecule has 0 aliphatic carbocycles. The highest BCUT2D eigenvalue weighted by molar-refractivity contribution is 14.0. The molecule has 0 atom stereocenters. The third-order valence-electron chi connectivity index (χ3n) is 3.34. The molecule has 0 aliphatic rings. The van der Waals surface area contributed by atoms with Crippen molar-refractivity contribution in [2.75, 3.05) is 18.0 Å². The van der Waals surface area contributed by atoms with Crippen LogP contribution in [0.2, 0.25) is 0 Å². The molecule has 0 saturated heterocycles. The van der Waals surface area contributed by atoms with Gasteiger partial charge in [-0.3, -0.25) is 14.4 Å². The number of para-hydroxylation sites is 1. The Bertz CT molecular complexity index is 819. The minimum Gasteiger partial charge on any atom is -0.352 e. The molecule has 0 fully saturated rings. The summed E-state index contributed by atoms with van der Waals surface area (Å²) in [6.45, 7) is 1.02. The SMILES string of the molecule is CN=C(NCc1ccccc1NS(C)(=O)=O)NCc1ccnn1C.I. The van der Waals surface area contributed by atoms with Crippen LogP contribution in [0.25, 0.3) is 0 Å². The summed E-state index contributed by atoms with van der Waals surface area (Å²) in [4.78, 5) is 4.16. The van der Waals surface area contributed by atoms with Gasteiger partial charge in [-0.2, -0.15) is 5.10 Å². The van der Waals surface area contributed by atoms with Gasteiger partial charge in [0.2, 0.25) is 10.0 Å². The van der Waals surface area contributed by atoms with Crippen molar-refractivity contribution in [3.05, 3.63) is 47.8 Å². The van der Waals surface area contributed by atoms with Gasteiger partial charge in [0.15, 0.2) is 5.96 Å². The van der Waals surface area contributed by atoms with E-state index in [0.29, 0.717) is 24.7 Å². The minimum atomic E-state index is -3.32. The molecule has 8 nitrogen and oxygen atoms in total. The van der Waals surface area contributed by atoms with Gasteiger partial charge in [0.05, 0.1) is 24.2 Å². The largest absolute Gasteiger partial charge is 0.352 e. The zero-order valence-corrected chi connectivity index (χ0v) is 17.5. The molecule has 25 heavy (non-hydrogen) atoms. The maximum Gasteiger partial charge on any atom is 0.229 e. The van der Waals surface area contributed by atoms with E-state index in [1.165, 1.54) is 0 Å². The number of guanidine groups is 1. The third kappa shape index (κ3) is 6.90. The van der Waals surface area contributed by atoms with Crippen molar-refractivity contribution in [3.63, 3.8) is 0 Å². The maximum atomic E-state index is 11.4. The van der Waals surface area contributed by atoms with Crippen LogP contribution in [0, 0.1) is 0 Å². The van der Waals surface area contributed by atoms with E-state index >= 15 is 0 Å². The summed E-state index contributed by atoms with van der Waals surface area (Å²) in [6.07, 6.45) is 2.87. The molecule has 10 heteroatoms. The first-order chi connectivity index (χ1) is 11.4. The first-order valence-electron chi connectivity index (χ1n) is 7.36. The number of rotatable bonds is 6. The summed E-state index contributed by atoms with van der Waals surface area (Å²) in [5.74, 6) is 0.616. The fourth-order valence-corrected chi connectivity index (χ4v) is 2.72. The average Bonchev–Trinajstić information content (AvgIpc) is 2.93. The number of aryl methyl sites for hydroxylation is 1. The molecule has 0 amide bonds. The Morgan fingerprint density at radius 2 is 1.88 bits per heavy atom. The van der Waals surface area contributed by atoms with Crippen molar-refractivity contribution in [3.8, 4) is 0 Å². The van der Waals surface area contributed by atoms with Gasteiger partial charge in [-0.1, -0.05) is 18.2 Å². The zero-order valence-electron chi connectivity index (χ0n) is 14.4. The Balaban J connectivity index is 0.00000312. The highest BCUT2D eigenvalue weighted by Crippen LogP contribution is 2.15. The molecule has 0 saturated carbocycles. The monoisotopic (exact) mass is 478 g/mol. The van der Waals surface area contributed by atoms with E-state index < -0.39 is 10.0 Å². The maximum absolute atomic E-state index is 11.4. The number of hydrogen-bond donors (Lipinski definition) is 3. The highest BCUT2D eigenvalue weighted by atomic mass is 127. The van der Waals surface area contributed by atoms with Gasteiger partial charge in [0.1, 0.15) is 0 Å². The van der Waals surface area contributed by atoms with Crippen LogP contribution >= 0.6 is 24.0 Å². The summed E-state index contributed by atoms with van der Waals surface area (Å²) in [6, 6.07) is 9.15. The van der Waals surface area contributed by atoms with E-state index in [2.05, 4.69) is 25.4 Å². The second kappa shape index (κ2) is 9.61. The Morgan fingerprint density at radius 3 is 2.48 bits per heavy atom. The lowest BCUT2D eigenvalue weighted by Gasteiger charge is -2.14. The summed E-state index contributed by atoms with van der Waals surface area (Å²) in [5.41, 5.74) is 2.40. The topological polar surface area (TPSA) is 100 Å². The molecule has 0 spiro atoms. The predicted molar refractivity (Wildman–Crippen MR) is 111 cm³/mol. The molecular weight excluding hydrogens is 455 g/mol. The molecular formula is C15H23IN6O2S. The number of benzene rings is 1. The summed E-state index contributed by atoms with van der Waals surface area (Å²) < 4.78 is 27.2. The molecule has 0 radical (unpaired) electrons. The molecule has 1 aromatic heterocycles. The van der Waals surface area contributed by atoms with Crippen LogP contribution in [0.1, 0.15) is 11.3 Å². The van der Waals surface area contributed by atoms with E-state index in [0.717, 1.165) is 17.5 Å². The van der Waals surface area contributed by atoms with Crippen LogP contribution in [0.15, 0.2) is 41.5 Å². The van der Waals surface area contributed by atoms with E-state index in [1.54, 1.807) is 30.1 Å². The number of nitrogens with zero attached hydrogens (tertiary/aromatic N) is 3. The molecule has 138 valence electrons. The van der Waals surface area contributed by atoms with Gasteiger partial charge in [-0.05, 0) is 17.7 Å². The second-order valence-electron chi connectivity index (χ2n) is 5.26.